The van der Waals surface area contributed by atoms with Gasteiger partial charge in [0.2, 0.25) is 0 Å². The molecule has 6 heteroatoms. The van der Waals surface area contributed by atoms with Gasteiger partial charge < -0.3 is 19.4 Å². The first-order chi connectivity index (χ1) is 14.9. The molecule has 0 aliphatic rings. The lowest BCUT2D eigenvalue weighted by Gasteiger charge is -2.11. The molecule has 1 N–H and O–H groups in total. The zero-order valence-electron chi connectivity index (χ0n) is 18.3. The number of carbonyl (C=O) groups excluding carboxylic acids is 1. The molecule has 0 saturated carbocycles. The Morgan fingerprint density at radius 3 is 2.29 bits per heavy atom. The Bertz CT molecular complexity index is 1180. The zero-order valence-corrected chi connectivity index (χ0v) is 18.3. The van der Waals surface area contributed by atoms with Crippen molar-refractivity contribution in [1.29, 1.82) is 5.26 Å². The van der Waals surface area contributed by atoms with E-state index in [4.69, 9.17) is 9.47 Å². The maximum atomic E-state index is 12.7. The van der Waals surface area contributed by atoms with Crippen LogP contribution in [0.15, 0.2) is 54.1 Å². The highest BCUT2D eigenvalue weighted by molar-refractivity contribution is 6.09. The van der Waals surface area contributed by atoms with Crippen molar-refractivity contribution in [1.82, 2.24) is 4.57 Å². The van der Waals surface area contributed by atoms with E-state index in [-0.39, 0.29) is 5.57 Å². The van der Waals surface area contributed by atoms with Crippen LogP contribution < -0.4 is 14.8 Å². The molecule has 158 valence electrons. The minimum Gasteiger partial charge on any atom is -0.493 e. The van der Waals surface area contributed by atoms with Gasteiger partial charge in [-0.2, -0.15) is 5.26 Å². The molecule has 1 heterocycles. The predicted octanol–water partition coefficient (Wildman–Crippen LogP) is 4.97. The lowest BCUT2D eigenvalue weighted by molar-refractivity contribution is -0.112. The number of anilines is 1. The van der Waals surface area contributed by atoms with Crippen LogP contribution >= 0.6 is 0 Å². The van der Waals surface area contributed by atoms with Crippen molar-refractivity contribution < 1.29 is 14.3 Å². The highest BCUT2D eigenvalue weighted by atomic mass is 16.5. The molecule has 0 fully saturated rings. The molecule has 0 bridgehead atoms. The number of hydrogen-bond acceptors (Lipinski definition) is 4. The number of methoxy groups -OCH3 is 2. The number of amides is 1. The largest absolute Gasteiger partial charge is 0.493 e. The number of nitrogens with zero attached hydrogens (tertiary/aromatic N) is 2. The van der Waals surface area contributed by atoms with Crippen molar-refractivity contribution >= 4 is 17.7 Å². The molecule has 1 aromatic heterocycles. The highest BCUT2D eigenvalue weighted by Gasteiger charge is 2.15. The second-order valence-corrected chi connectivity index (χ2v) is 7.19. The van der Waals surface area contributed by atoms with Gasteiger partial charge in [0.25, 0.3) is 5.91 Å². The average Bonchev–Trinajstić information content (AvgIpc) is 3.05. The SMILES string of the molecule is COc1ccc(NC(=O)C(C#N)=Cc2cc(C)n(-c3ccc(C)cc3)c2C)cc1OC. The predicted molar refractivity (Wildman–Crippen MR) is 122 cm³/mol. The molecule has 3 rings (SSSR count). The van der Waals surface area contributed by atoms with Crippen molar-refractivity contribution in [3.8, 4) is 23.3 Å². The van der Waals surface area contributed by atoms with E-state index >= 15 is 0 Å². The zero-order chi connectivity index (χ0) is 22.5. The van der Waals surface area contributed by atoms with Gasteiger partial charge in [0.05, 0.1) is 14.2 Å². The summed E-state index contributed by atoms with van der Waals surface area (Å²) in [5.41, 5.74) is 5.53. The van der Waals surface area contributed by atoms with Crippen LogP contribution in [-0.4, -0.2) is 24.7 Å². The molecule has 0 radical (unpaired) electrons. The average molecular weight is 415 g/mol. The van der Waals surface area contributed by atoms with Gasteiger partial charge in [0, 0.05) is 28.8 Å². The van der Waals surface area contributed by atoms with Crippen LogP contribution in [0.3, 0.4) is 0 Å². The normalized spacial score (nSPS) is 11.0. The van der Waals surface area contributed by atoms with Gasteiger partial charge in [-0.05, 0) is 62.7 Å². The van der Waals surface area contributed by atoms with Gasteiger partial charge in [-0.1, -0.05) is 17.7 Å². The molecule has 0 unspecified atom stereocenters. The summed E-state index contributed by atoms with van der Waals surface area (Å²) in [6, 6.07) is 17.2. The smallest absolute Gasteiger partial charge is 0.266 e. The first-order valence-corrected chi connectivity index (χ1v) is 9.79. The first-order valence-electron chi connectivity index (χ1n) is 9.79. The molecule has 3 aromatic rings. The fourth-order valence-corrected chi connectivity index (χ4v) is 3.44. The molecule has 2 aromatic carbocycles. The third kappa shape index (κ3) is 4.62. The number of hydrogen-bond donors (Lipinski definition) is 1. The van der Waals surface area contributed by atoms with E-state index in [1.54, 1.807) is 31.4 Å². The summed E-state index contributed by atoms with van der Waals surface area (Å²) in [5, 5.41) is 12.3. The fourth-order valence-electron chi connectivity index (χ4n) is 3.44. The second kappa shape index (κ2) is 9.23. The van der Waals surface area contributed by atoms with Crippen LogP contribution in [0.25, 0.3) is 11.8 Å². The number of nitrogens with one attached hydrogen (secondary N) is 1. The maximum Gasteiger partial charge on any atom is 0.266 e. The third-order valence-electron chi connectivity index (χ3n) is 5.07. The Balaban J connectivity index is 1.90. The number of aryl methyl sites for hydroxylation is 2. The van der Waals surface area contributed by atoms with Gasteiger partial charge in [-0.25, -0.2) is 0 Å². The van der Waals surface area contributed by atoms with Crippen LogP contribution in [0.4, 0.5) is 5.69 Å². The standard InChI is InChI=1S/C25H25N3O3/c1-16-6-9-22(10-7-16)28-17(2)12-19(18(28)3)13-20(15-26)25(29)27-21-8-11-23(30-4)24(14-21)31-5/h6-14H,1-5H3,(H,27,29). The van der Waals surface area contributed by atoms with Gasteiger partial charge in [-0.15, -0.1) is 0 Å². The van der Waals surface area contributed by atoms with Gasteiger partial charge >= 0.3 is 0 Å². The Hall–Kier alpha value is -3.98. The summed E-state index contributed by atoms with van der Waals surface area (Å²) >= 11 is 0. The van der Waals surface area contributed by atoms with Crippen LogP contribution in [0, 0.1) is 32.1 Å². The summed E-state index contributed by atoms with van der Waals surface area (Å²) in [6.07, 6.45) is 1.61. The van der Waals surface area contributed by atoms with E-state index in [1.165, 1.54) is 12.7 Å². The minimum absolute atomic E-state index is 0.0129. The number of carbonyl (C=O) groups is 1. The van der Waals surface area contributed by atoms with E-state index in [0.717, 1.165) is 22.6 Å². The van der Waals surface area contributed by atoms with Crippen LogP contribution in [0.5, 0.6) is 11.5 Å². The van der Waals surface area contributed by atoms with Crippen molar-refractivity contribution in [3.05, 3.63) is 76.6 Å². The number of benzene rings is 2. The molecule has 0 saturated heterocycles. The lowest BCUT2D eigenvalue weighted by Crippen LogP contribution is -2.13. The molecule has 0 atom stereocenters. The minimum atomic E-state index is -0.491. The van der Waals surface area contributed by atoms with Crippen molar-refractivity contribution in [2.45, 2.75) is 20.8 Å². The topological polar surface area (TPSA) is 76.3 Å². The molecule has 1 amide bonds. The van der Waals surface area contributed by atoms with E-state index in [0.29, 0.717) is 17.2 Å². The van der Waals surface area contributed by atoms with Crippen molar-refractivity contribution in [2.24, 2.45) is 0 Å². The quantitative estimate of drug-likeness (QED) is 0.456. The molecular weight excluding hydrogens is 390 g/mol. The summed E-state index contributed by atoms with van der Waals surface area (Å²) in [7, 11) is 3.06. The summed E-state index contributed by atoms with van der Waals surface area (Å²) < 4.78 is 12.6. The lowest BCUT2D eigenvalue weighted by atomic mass is 10.1. The monoisotopic (exact) mass is 415 g/mol. The first kappa shape index (κ1) is 21.7. The number of rotatable bonds is 6. The van der Waals surface area contributed by atoms with Crippen LogP contribution in [0.1, 0.15) is 22.5 Å². The fraction of sp³-hybridized carbons (Fsp3) is 0.200. The number of ether oxygens (including phenoxy) is 2. The third-order valence-corrected chi connectivity index (χ3v) is 5.07. The molecule has 31 heavy (non-hydrogen) atoms. The van der Waals surface area contributed by atoms with Crippen LogP contribution in [-0.2, 0) is 4.79 Å². The molecular formula is C25H25N3O3. The maximum absolute atomic E-state index is 12.7. The van der Waals surface area contributed by atoms with Crippen molar-refractivity contribution in [3.63, 3.8) is 0 Å². The Labute approximate surface area is 182 Å². The number of nitriles is 1. The molecule has 0 aliphatic carbocycles. The Morgan fingerprint density at radius 1 is 1.00 bits per heavy atom. The molecule has 0 spiro atoms. The molecule has 0 aliphatic heterocycles. The van der Waals surface area contributed by atoms with E-state index < -0.39 is 5.91 Å². The Kier molecular flexibility index (Phi) is 6.46. The van der Waals surface area contributed by atoms with E-state index in [2.05, 4.69) is 34.1 Å². The van der Waals surface area contributed by atoms with Gasteiger partial charge in [-0.3, -0.25) is 4.79 Å². The number of aromatic nitrogens is 1. The molecule has 6 nitrogen and oxygen atoms in total. The van der Waals surface area contributed by atoms with Crippen LogP contribution in [0.2, 0.25) is 0 Å². The summed E-state index contributed by atoms with van der Waals surface area (Å²) in [4.78, 5) is 12.7. The summed E-state index contributed by atoms with van der Waals surface area (Å²) in [6.45, 7) is 6.02. The second-order valence-electron chi connectivity index (χ2n) is 7.19. The van der Waals surface area contributed by atoms with Crippen molar-refractivity contribution in [2.75, 3.05) is 19.5 Å². The van der Waals surface area contributed by atoms with Gasteiger partial charge in [0.15, 0.2) is 11.5 Å². The Morgan fingerprint density at radius 2 is 1.68 bits per heavy atom. The summed E-state index contributed by atoms with van der Waals surface area (Å²) in [5.74, 6) is 0.555. The van der Waals surface area contributed by atoms with E-state index in [1.807, 2.05) is 32.9 Å². The highest BCUT2D eigenvalue weighted by Crippen LogP contribution is 2.30. The van der Waals surface area contributed by atoms with E-state index in [9.17, 15) is 10.1 Å². The van der Waals surface area contributed by atoms with Gasteiger partial charge in [0.1, 0.15) is 11.6 Å².